The SMILES string of the molecule is Fc1cccc(Cl)c1CCCNC1CCCC1. The molecule has 1 nitrogen and oxygen atoms in total. The van der Waals surface area contributed by atoms with E-state index >= 15 is 0 Å². The van der Waals surface area contributed by atoms with Crippen molar-refractivity contribution in [2.24, 2.45) is 0 Å². The number of hydrogen-bond acceptors (Lipinski definition) is 1. The summed E-state index contributed by atoms with van der Waals surface area (Å²) in [7, 11) is 0. The van der Waals surface area contributed by atoms with E-state index in [0.29, 0.717) is 23.0 Å². The fourth-order valence-corrected chi connectivity index (χ4v) is 2.73. The molecule has 2 rings (SSSR count). The van der Waals surface area contributed by atoms with Crippen molar-refractivity contribution in [2.45, 2.75) is 44.6 Å². The maximum atomic E-state index is 13.5. The van der Waals surface area contributed by atoms with Gasteiger partial charge in [-0.25, -0.2) is 4.39 Å². The molecule has 0 bridgehead atoms. The van der Waals surface area contributed by atoms with Crippen molar-refractivity contribution in [3.63, 3.8) is 0 Å². The van der Waals surface area contributed by atoms with E-state index in [1.54, 1.807) is 12.1 Å². The Labute approximate surface area is 107 Å². The molecule has 1 aromatic rings. The zero-order valence-corrected chi connectivity index (χ0v) is 10.8. The van der Waals surface area contributed by atoms with E-state index in [-0.39, 0.29) is 5.82 Å². The van der Waals surface area contributed by atoms with Gasteiger partial charge in [0.15, 0.2) is 0 Å². The minimum atomic E-state index is -0.182. The molecule has 0 spiro atoms. The van der Waals surface area contributed by atoms with Crippen LogP contribution in [0.25, 0.3) is 0 Å². The van der Waals surface area contributed by atoms with Gasteiger partial charge in [0.05, 0.1) is 0 Å². The smallest absolute Gasteiger partial charge is 0.127 e. The first-order valence-electron chi connectivity index (χ1n) is 6.43. The molecule has 0 saturated heterocycles. The number of rotatable bonds is 5. The standard InChI is InChI=1S/C14H19ClFN/c15-13-8-3-9-14(16)12(13)7-4-10-17-11-5-1-2-6-11/h3,8-9,11,17H,1-2,4-7,10H2. The van der Waals surface area contributed by atoms with Crippen LogP contribution in [-0.4, -0.2) is 12.6 Å². The van der Waals surface area contributed by atoms with E-state index in [4.69, 9.17) is 11.6 Å². The third-order valence-corrected chi connectivity index (χ3v) is 3.81. The van der Waals surface area contributed by atoms with E-state index in [9.17, 15) is 4.39 Å². The van der Waals surface area contributed by atoms with Crippen LogP contribution >= 0.6 is 11.6 Å². The van der Waals surface area contributed by atoms with Gasteiger partial charge in [0.2, 0.25) is 0 Å². The third kappa shape index (κ3) is 3.68. The van der Waals surface area contributed by atoms with E-state index in [2.05, 4.69) is 5.32 Å². The summed E-state index contributed by atoms with van der Waals surface area (Å²) in [6.07, 6.45) is 6.93. The third-order valence-electron chi connectivity index (χ3n) is 3.45. The van der Waals surface area contributed by atoms with Gasteiger partial charge < -0.3 is 5.32 Å². The summed E-state index contributed by atoms with van der Waals surface area (Å²) in [5.74, 6) is -0.182. The fraction of sp³-hybridized carbons (Fsp3) is 0.571. The van der Waals surface area contributed by atoms with Crippen molar-refractivity contribution in [2.75, 3.05) is 6.54 Å². The molecular formula is C14H19ClFN. The van der Waals surface area contributed by atoms with Crippen LogP contribution in [0.1, 0.15) is 37.7 Å². The molecule has 0 unspecified atom stereocenters. The molecule has 0 atom stereocenters. The highest BCUT2D eigenvalue weighted by Crippen LogP contribution is 2.21. The van der Waals surface area contributed by atoms with Gasteiger partial charge in [-0.2, -0.15) is 0 Å². The molecule has 0 aliphatic heterocycles. The Bertz CT molecular complexity index is 341. The predicted octanol–water partition coefficient (Wildman–Crippen LogP) is 3.94. The minimum absolute atomic E-state index is 0.182. The fourth-order valence-electron chi connectivity index (χ4n) is 2.47. The van der Waals surface area contributed by atoms with Crippen molar-refractivity contribution >= 4 is 11.6 Å². The Balaban J connectivity index is 1.74. The number of hydrogen-bond donors (Lipinski definition) is 1. The van der Waals surface area contributed by atoms with Crippen LogP contribution in [0.2, 0.25) is 5.02 Å². The molecule has 0 amide bonds. The van der Waals surface area contributed by atoms with Crippen molar-refractivity contribution in [3.8, 4) is 0 Å². The molecule has 1 aliphatic carbocycles. The summed E-state index contributed by atoms with van der Waals surface area (Å²) in [4.78, 5) is 0. The van der Waals surface area contributed by atoms with Gasteiger partial charge in [0.1, 0.15) is 5.82 Å². The average molecular weight is 256 g/mol. The largest absolute Gasteiger partial charge is 0.314 e. The molecule has 0 aromatic heterocycles. The maximum absolute atomic E-state index is 13.5. The normalized spacial score (nSPS) is 16.6. The Morgan fingerprint density at radius 3 is 2.76 bits per heavy atom. The molecular weight excluding hydrogens is 237 g/mol. The second kappa shape index (κ2) is 6.36. The van der Waals surface area contributed by atoms with Crippen LogP contribution < -0.4 is 5.32 Å². The molecule has 1 aliphatic rings. The molecule has 0 heterocycles. The van der Waals surface area contributed by atoms with E-state index < -0.39 is 0 Å². The minimum Gasteiger partial charge on any atom is -0.314 e. The first kappa shape index (κ1) is 12.8. The summed E-state index contributed by atoms with van der Waals surface area (Å²) < 4.78 is 13.5. The van der Waals surface area contributed by atoms with Crippen molar-refractivity contribution in [1.82, 2.24) is 5.32 Å². The lowest BCUT2D eigenvalue weighted by Crippen LogP contribution is -2.27. The van der Waals surface area contributed by atoms with Gasteiger partial charge in [-0.3, -0.25) is 0 Å². The lowest BCUT2D eigenvalue weighted by atomic mass is 10.1. The predicted molar refractivity (Wildman–Crippen MR) is 70.0 cm³/mol. The van der Waals surface area contributed by atoms with Crippen LogP contribution in [-0.2, 0) is 6.42 Å². The number of halogens is 2. The number of nitrogens with one attached hydrogen (secondary N) is 1. The summed E-state index contributed by atoms with van der Waals surface area (Å²) >= 11 is 5.98. The monoisotopic (exact) mass is 255 g/mol. The Hall–Kier alpha value is -0.600. The van der Waals surface area contributed by atoms with Gasteiger partial charge in [0.25, 0.3) is 0 Å². The van der Waals surface area contributed by atoms with Crippen LogP contribution in [0, 0.1) is 5.82 Å². The van der Waals surface area contributed by atoms with E-state index in [0.717, 1.165) is 13.0 Å². The van der Waals surface area contributed by atoms with Crippen molar-refractivity contribution in [1.29, 1.82) is 0 Å². The average Bonchev–Trinajstić information content (AvgIpc) is 2.80. The zero-order valence-electron chi connectivity index (χ0n) is 10.0. The summed E-state index contributed by atoms with van der Waals surface area (Å²) in [5.41, 5.74) is 0.655. The zero-order chi connectivity index (χ0) is 12.1. The highest BCUT2D eigenvalue weighted by Gasteiger charge is 2.13. The van der Waals surface area contributed by atoms with Gasteiger partial charge in [-0.15, -0.1) is 0 Å². The molecule has 1 fully saturated rings. The van der Waals surface area contributed by atoms with Crippen LogP contribution in [0.3, 0.4) is 0 Å². The Kier molecular flexibility index (Phi) is 4.81. The first-order chi connectivity index (χ1) is 8.27. The van der Waals surface area contributed by atoms with Gasteiger partial charge in [0, 0.05) is 16.6 Å². The quantitative estimate of drug-likeness (QED) is 0.786. The molecule has 1 saturated carbocycles. The molecule has 1 N–H and O–H groups in total. The van der Waals surface area contributed by atoms with Crippen LogP contribution in [0.15, 0.2) is 18.2 Å². The highest BCUT2D eigenvalue weighted by molar-refractivity contribution is 6.31. The second-order valence-corrected chi connectivity index (χ2v) is 5.15. The summed E-state index contributed by atoms with van der Waals surface area (Å²) in [6, 6.07) is 5.57. The lowest BCUT2D eigenvalue weighted by Gasteiger charge is -2.12. The van der Waals surface area contributed by atoms with Crippen molar-refractivity contribution in [3.05, 3.63) is 34.6 Å². The highest BCUT2D eigenvalue weighted by atomic mass is 35.5. The topological polar surface area (TPSA) is 12.0 Å². The van der Waals surface area contributed by atoms with Crippen LogP contribution in [0.4, 0.5) is 4.39 Å². The Morgan fingerprint density at radius 1 is 1.29 bits per heavy atom. The van der Waals surface area contributed by atoms with E-state index in [1.165, 1.54) is 31.7 Å². The lowest BCUT2D eigenvalue weighted by molar-refractivity contribution is 0.511. The van der Waals surface area contributed by atoms with Gasteiger partial charge >= 0.3 is 0 Å². The Morgan fingerprint density at radius 2 is 2.06 bits per heavy atom. The molecule has 94 valence electrons. The second-order valence-electron chi connectivity index (χ2n) is 4.74. The first-order valence-corrected chi connectivity index (χ1v) is 6.81. The van der Waals surface area contributed by atoms with E-state index in [1.807, 2.05) is 0 Å². The molecule has 3 heteroatoms. The van der Waals surface area contributed by atoms with Gasteiger partial charge in [-0.05, 0) is 44.4 Å². The van der Waals surface area contributed by atoms with Gasteiger partial charge in [-0.1, -0.05) is 30.5 Å². The molecule has 0 radical (unpaired) electrons. The summed E-state index contributed by atoms with van der Waals surface area (Å²) in [5, 5.41) is 4.07. The van der Waals surface area contributed by atoms with Crippen LogP contribution in [0.5, 0.6) is 0 Å². The molecule has 1 aromatic carbocycles. The van der Waals surface area contributed by atoms with Crippen molar-refractivity contribution < 1.29 is 4.39 Å². The molecule has 17 heavy (non-hydrogen) atoms. The summed E-state index contributed by atoms with van der Waals surface area (Å²) in [6.45, 7) is 0.954. The number of benzene rings is 1. The maximum Gasteiger partial charge on any atom is 0.127 e.